The Morgan fingerprint density at radius 2 is 2.23 bits per heavy atom. The number of hydrogen-bond donors (Lipinski definition) is 1. The lowest BCUT2D eigenvalue weighted by Gasteiger charge is -2.32. The molecule has 9 heteroatoms. The van der Waals surface area contributed by atoms with Crippen LogP contribution in [0.1, 0.15) is 35.9 Å². The molecule has 1 aliphatic rings. The van der Waals surface area contributed by atoms with Crippen LogP contribution in [0.4, 0.5) is 10.9 Å². The highest BCUT2D eigenvalue weighted by atomic mass is 32.1. The highest BCUT2D eigenvalue weighted by Crippen LogP contribution is 2.23. The van der Waals surface area contributed by atoms with Crippen molar-refractivity contribution in [3.05, 3.63) is 28.9 Å². The lowest BCUT2D eigenvalue weighted by atomic mass is 9.97. The molecular weight excluding hydrogens is 354 g/mol. The molecule has 1 fully saturated rings. The van der Waals surface area contributed by atoms with E-state index in [2.05, 4.69) is 25.4 Å². The fraction of sp³-hybridized carbons (Fsp3) is 0.471. The lowest BCUT2D eigenvalue weighted by molar-refractivity contribution is -0.120. The van der Waals surface area contributed by atoms with Crippen molar-refractivity contribution in [2.45, 2.75) is 26.7 Å². The average Bonchev–Trinajstić information content (AvgIpc) is 3.11. The van der Waals surface area contributed by atoms with E-state index in [0.29, 0.717) is 11.7 Å². The molecule has 1 amide bonds. The number of nitrogens with zero attached hydrogens (tertiary/aromatic N) is 4. The summed E-state index contributed by atoms with van der Waals surface area (Å²) in [5.74, 6) is 0.0410. The zero-order valence-electron chi connectivity index (χ0n) is 14.8. The van der Waals surface area contributed by atoms with Gasteiger partial charge >= 0.3 is 5.97 Å². The molecule has 26 heavy (non-hydrogen) atoms. The first-order valence-electron chi connectivity index (χ1n) is 8.55. The molecule has 1 N–H and O–H groups in total. The lowest BCUT2D eigenvalue weighted by Crippen LogP contribution is -2.41. The van der Waals surface area contributed by atoms with Crippen LogP contribution in [0.15, 0.2) is 17.5 Å². The monoisotopic (exact) mass is 375 g/mol. The number of rotatable bonds is 5. The molecule has 3 heterocycles. The molecule has 2 aromatic heterocycles. The Labute approximate surface area is 155 Å². The summed E-state index contributed by atoms with van der Waals surface area (Å²) in [7, 11) is 0. The normalized spacial score (nSPS) is 17.0. The third kappa shape index (κ3) is 4.34. The van der Waals surface area contributed by atoms with Crippen molar-refractivity contribution in [1.82, 2.24) is 15.2 Å². The SMILES string of the molecule is CCOC(=O)c1csc(NC(=O)C2CCCN(c3ccc(C)nn3)C2)n1. The number of piperidine rings is 1. The molecule has 0 aromatic carbocycles. The molecule has 1 saturated heterocycles. The Balaban J connectivity index is 1.61. The number of carbonyl (C=O) groups is 2. The van der Waals surface area contributed by atoms with Crippen LogP contribution in [0.5, 0.6) is 0 Å². The molecule has 8 nitrogen and oxygen atoms in total. The van der Waals surface area contributed by atoms with Crippen molar-refractivity contribution >= 4 is 34.2 Å². The van der Waals surface area contributed by atoms with E-state index in [1.54, 1.807) is 12.3 Å². The minimum atomic E-state index is -0.481. The third-order valence-electron chi connectivity index (χ3n) is 4.12. The molecule has 138 valence electrons. The predicted molar refractivity (Wildman–Crippen MR) is 98.4 cm³/mol. The van der Waals surface area contributed by atoms with Gasteiger partial charge in [-0.15, -0.1) is 16.4 Å². The Bertz CT molecular complexity index is 777. The van der Waals surface area contributed by atoms with Crippen molar-refractivity contribution in [2.75, 3.05) is 29.9 Å². The topological polar surface area (TPSA) is 97.3 Å². The second-order valence-corrected chi connectivity index (χ2v) is 6.92. The first kappa shape index (κ1) is 18.2. The molecule has 0 spiro atoms. The van der Waals surface area contributed by atoms with Crippen LogP contribution < -0.4 is 10.2 Å². The minimum absolute atomic E-state index is 0.0977. The van der Waals surface area contributed by atoms with E-state index in [9.17, 15) is 9.59 Å². The van der Waals surface area contributed by atoms with Crippen molar-refractivity contribution < 1.29 is 14.3 Å². The minimum Gasteiger partial charge on any atom is -0.461 e. The summed E-state index contributed by atoms with van der Waals surface area (Å²) in [5, 5.41) is 13.1. The molecule has 1 atom stereocenters. The summed E-state index contributed by atoms with van der Waals surface area (Å²) in [6, 6.07) is 3.84. The molecule has 3 rings (SSSR count). The number of aromatic nitrogens is 3. The van der Waals surface area contributed by atoms with Crippen LogP contribution in [0.25, 0.3) is 0 Å². The van der Waals surface area contributed by atoms with E-state index in [1.165, 1.54) is 11.3 Å². The highest BCUT2D eigenvalue weighted by Gasteiger charge is 2.27. The van der Waals surface area contributed by atoms with Gasteiger partial charge in [-0.1, -0.05) is 0 Å². The van der Waals surface area contributed by atoms with Crippen LogP contribution in [-0.4, -0.2) is 46.8 Å². The predicted octanol–water partition coefficient (Wildman–Crippen LogP) is 2.27. The average molecular weight is 375 g/mol. The number of carbonyl (C=O) groups excluding carboxylic acids is 2. The van der Waals surface area contributed by atoms with Crippen molar-refractivity contribution in [3.8, 4) is 0 Å². The summed E-state index contributed by atoms with van der Waals surface area (Å²) in [4.78, 5) is 30.4. The van der Waals surface area contributed by atoms with E-state index in [-0.39, 0.29) is 24.1 Å². The fourth-order valence-electron chi connectivity index (χ4n) is 2.80. The molecule has 1 aliphatic heterocycles. The largest absolute Gasteiger partial charge is 0.461 e. The molecule has 2 aromatic rings. The van der Waals surface area contributed by atoms with Gasteiger partial charge in [0.2, 0.25) is 5.91 Å². The highest BCUT2D eigenvalue weighted by molar-refractivity contribution is 7.14. The van der Waals surface area contributed by atoms with Gasteiger partial charge in [0.25, 0.3) is 0 Å². The smallest absolute Gasteiger partial charge is 0.357 e. The first-order valence-corrected chi connectivity index (χ1v) is 9.43. The van der Waals surface area contributed by atoms with Crippen LogP contribution in [0.2, 0.25) is 0 Å². The summed E-state index contributed by atoms with van der Waals surface area (Å²) in [5.41, 5.74) is 1.08. The maximum Gasteiger partial charge on any atom is 0.357 e. The van der Waals surface area contributed by atoms with Gasteiger partial charge in [-0.05, 0) is 38.8 Å². The number of esters is 1. The van der Waals surface area contributed by atoms with E-state index < -0.39 is 5.97 Å². The van der Waals surface area contributed by atoms with E-state index >= 15 is 0 Å². The number of anilines is 2. The maximum absolute atomic E-state index is 12.6. The Morgan fingerprint density at radius 1 is 1.38 bits per heavy atom. The third-order valence-corrected chi connectivity index (χ3v) is 4.88. The quantitative estimate of drug-likeness (QED) is 0.801. The second kappa shape index (κ2) is 8.22. The van der Waals surface area contributed by atoms with E-state index in [1.807, 2.05) is 19.1 Å². The zero-order chi connectivity index (χ0) is 18.5. The van der Waals surface area contributed by atoms with Crippen molar-refractivity contribution in [3.63, 3.8) is 0 Å². The van der Waals surface area contributed by atoms with Gasteiger partial charge in [0.05, 0.1) is 18.2 Å². The fourth-order valence-corrected chi connectivity index (χ4v) is 3.48. The summed E-state index contributed by atoms with van der Waals surface area (Å²) in [6.07, 6.45) is 1.71. The van der Waals surface area contributed by atoms with Gasteiger partial charge in [0.15, 0.2) is 16.6 Å². The van der Waals surface area contributed by atoms with Crippen molar-refractivity contribution in [1.29, 1.82) is 0 Å². The van der Waals surface area contributed by atoms with Crippen LogP contribution >= 0.6 is 11.3 Å². The number of ether oxygens (including phenoxy) is 1. The van der Waals surface area contributed by atoms with Gasteiger partial charge in [-0.3, -0.25) is 4.79 Å². The zero-order valence-corrected chi connectivity index (χ0v) is 15.6. The van der Waals surface area contributed by atoms with Crippen LogP contribution in [0.3, 0.4) is 0 Å². The van der Waals surface area contributed by atoms with E-state index in [4.69, 9.17) is 4.74 Å². The molecule has 0 radical (unpaired) electrons. The summed E-state index contributed by atoms with van der Waals surface area (Å²) >= 11 is 1.21. The number of nitrogens with one attached hydrogen (secondary N) is 1. The first-order chi connectivity index (χ1) is 12.6. The van der Waals surface area contributed by atoms with Gasteiger partial charge in [0.1, 0.15) is 0 Å². The summed E-state index contributed by atoms with van der Waals surface area (Å²) < 4.78 is 4.91. The Kier molecular flexibility index (Phi) is 5.77. The Hall–Kier alpha value is -2.55. The summed E-state index contributed by atoms with van der Waals surface area (Å²) in [6.45, 7) is 5.35. The Morgan fingerprint density at radius 3 is 2.96 bits per heavy atom. The maximum atomic E-state index is 12.6. The molecule has 0 aliphatic carbocycles. The molecule has 1 unspecified atom stereocenters. The molecule has 0 saturated carbocycles. The van der Waals surface area contributed by atoms with Crippen LogP contribution in [0, 0.1) is 12.8 Å². The number of hydrogen-bond acceptors (Lipinski definition) is 8. The van der Waals surface area contributed by atoms with Gasteiger partial charge in [0, 0.05) is 18.5 Å². The molecule has 0 bridgehead atoms. The van der Waals surface area contributed by atoms with Gasteiger partial charge in [-0.2, -0.15) is 5.10 Å². The molecular formula is C17H21N5O3S. The second-order valence-electron chi connectivity index (χ2n) is 6.07. The standard InChI is InChI=1S/C17H21N5O3S/c1-3-25-16(24)13-10-26-17(18-13)19-15(23)12-5-4-8-22(9-12)14-7-6-11(2)20-21-14/h6-7,10,12H,3-5,8-9H2,1-2H3,(H,18,19,23). The number of thiazole rings is 1. The van der Waals surface area contributed by atoms with Gasteiger partial charge in [-0.25, -0.2) is 9.78 Å². The number of aryl methyl sites for hydroxylation is 1. The van der Waals surface area contributed by atoms with Crippen LogP contribution in [-0.2, 0) is 9.53 Å². The van der Waals surface area contributed by atoms with Gasteiger partial charge < -0.3 is 15.0 Å². The van der Waals surface area contributed by atoms with E-state index in [0.717, 1.165) is 30.9 Å². The van der Waals surface area contributed by atoms with Crippen molar-refractivity contribution in [2.24, 2.45) is 5.92 Å². The number of amides is 1.